The highest BCUT2D eigenvalue weighted by Crippen LogP contribution is 2.34. The molecule has 1 aromatic carbocycles. The van der Waals surface area contributed by atoms with Gasteiger partial charge >= 0.3 is 0 Å². The predicted molar refractivity (Wildman–Crippen MR) is 152 cm³/mol. The van der Waals surface area contributed by atoms with Gasteiger partial charge in [0.05, 0.1) is 46.6 Å². The zero-order valence-corrected chi connectivity index (χ0v) is 24.0. The van der Waals surface area contributed by atoms with Gasteiger partial charge in [-0.15, -0.1) is 5.10 Å². The number of aromatic nitrogens is 5. The summed E-state index contributed by atoms with van der Waals surface area (Å²) in [5.74, 6) is -0.498. The number of fused-ring (bicyclic) bond motifs is 4. The number of piperidine rings is 1. The van der Waals surface area contributed by atoms with Gasteiger partial charge in [0, 0.05) is 30.6 Å². The van der Waals surface area contributed by atoms with Gasteiger partial charge in [-0.3, -0.25) is 25.0 Å². The summed E-state index contributed by atoms with van der Waals surface area (Å²) in [6, 6.07) is 4.27. The minimum atomic E-state index is -0.720. The first-order valence-corrected chi connectivity index (χ1v) is 14.7. The van der Waals surface area contributed by atoms with E-state index in [-0.39, 0.29) is 63.0 Å². The van der Waals surface area contributed by atoms with E-state index in [1.807, 2.05) is 6.92 Å². The van der Waals surface area contributed by atoms with E-state index in [1.165, 1.54) is 29.3 Å². The van der Waals surface area contributed by atoms with Gasteiger partial charge in [-0.2, -0.15) is 0 Å². The summed E-state index contributed by atoms with van der Waals surface area (Å²) in [6.07, 6.45) is 6.88. The number of carbonyl (C=O) groups is 1. The Morgan fingerprint density at radius 2 is 1.98 bits per heavy atom. The number of hydrogen-bond acceptors (Lipinski definition) is 8. The van der Waals surface area contributed by atoms with E-state index in [1.54, 1.807) is 10.6 Å². The summed E-state index contributed by atoms with van der Waals surface area (Å²) < 4.78 is 18.4. The molecule has 3 aliphatic heterocycles. The zero-order chi connectivity index (χ0) is 28.7. The molecular weight excluding hydrogens is 572 g/mol. The molecule has 14 heteroatoms. The molecule has 3 aromatic rings. The van der Waals surface area contributed by atoms with Crippen LogP contribution < -0.4 is 27.0 Å². The molecule has 5 heterocycles. The smallest absolute Gasteiger partial charge is 0.254 e. The van der Waals surface area contributed by atoms with Crippen molar-refractivity contribution in [3.63, 3.8) is 0 Å². The number of carbonyl (C=O) groups excluding carboxylic acids is 1. The third-order valence-corrected chi connectivity index (χ3v) is 9.09. The summed E-state index contributed by atoms with van der Waals surface area (Å²) in [7, 11) is 0. The van der Waals surface area contributed by atoms with E-state index in [0.717, 1.165) is 25.8 Å². The van der Waals surface area contributed by atoms with Gasteiger partial charge in [-0.1, -0.05) is 41.8 Å². The highest BCUT2D eigenvalue weighted by molar-refractivity contribution is 6.31. The lowest BCUT2D eigenvalue weighted by Crippen LogP contribution is -2.55. The summed E-state index contributed by atoms with van der Waals surface area (Å²) in [5, 5.41) is 14.6. The summed E-state index contributed by atoms with van der Waals surface area (Å²) in [6.45, 7) is 3.43. The number of hydrogen-bond donors (Lipinski definition) is 4. The molecule has 6 rings (SSSR count). The van der Waals surface area contributed by atoms with Gasteiger partial charge < -0.3 is 10.6 Å². The first kappa shape index (κ1) is 28.2. The molecule has 3 saturated heterocycles. The fraction of sp³-hybridized carbons (Fsp3) is 0.519. The molecule has 41 heavy (non-hydrogen) atoms. The topological polar surface area (TPSA) is 131 Å². The standard InChI is InChI=1S/C27H32Cl2FN9O2/c1-14-3-2-4-20(17-9-15(7-8-31-17)26-19(11-33-36-26)34-27(14)41)38-13-32-18(10-23(38)40)24-21(6-5-16(28)25(24)30)39-12-22(29)35-37-39/h5-6,10,12-15,17,19-20,26,31,33,36H,2-4,7-9,11H2,1H3,(H,34,41)/t14-,15?,17?,19?,20+,26?/m1/s1. The largest absolute Gasteiger partial charge is 0.350 e. The van der Waals surface area contributed by atoms with Crippen molar-refractivity contribution < 1.29 is 9.18 Å². The maximum atomic E-state index is 15.4. The first-order chi connectivity index (χ1) is 19.8. The molecule has 0 radical (unpaired) electrons. The molecule has 0 spiro atoms. The molecule has 3 aliphatic rings. The lowest BCUT2D eigenvalue weighted by Gasteiger charge is -2.40. The summed E-state index contributed by atoms with van der Waals surface area (Å²) in [4.78, 5) is 31.1. The third kappa shape index (κ3) is 5.63. The van der Waals surface area contributed by atoms with Gasteiger partial charge in [-0.05, 0) is 50.3 Å². The van der Waals surface area contributed by atoms with E-state index < -0.39 is 5.82 Å². The van der Waals surface area contributed by atoms with E-state index in [9.17, 15) is 9.59 Å². The monoisotopic (exact) mass is 603 g/mol. The van der Waals surface area contributed by atoms with Crippen molar-refractivity contribution in [2.75, 3.05) is 13.1 Å². The molecule has 218 valence electrons. The highest BCUT2D eigenvalue weighted by atomic mass is 35.5. The molecule has 4 unspecified atom stereocenters. The number of nitrogens with zero attached hydrogens (tertiary/aromatic N) is 5. The Balaban J connectivity index is 1.36. The SMILES string of the molecule is C[C@@H]1CCC[C@H](n2cnc(-c3c(-n4cc(Cl)nn4)ccc(Cl)c3F)cc2=O)C2CC(CCN2)C2NNCC2NC1=O. The van der Waals surface area contributed by atoms with E-state index in [0.29, 0.717) is 31.0 Å². The summed E-state index contributed by atoms with van der Waals surface area (Å²) >= 11 is 12.1. The van der Waals surface area contributed by atoms with Crippen molar-refractivity contribution in [2.45, 2.75) is 63.2 Å². The average Bonchev–Trinajstić information content (AvgIpc) is 3.61. The Bertz CT molecular complexity index is 1500. The number of hydrazine groups is 1. The van der Waals surface area contributed by atoms with Crippen LogP contribution in [0.4, 0.5) is 4.39 Å². The van der Waals surface area contributed by atoms with Crippen molar-refractivity contribution in [2.24, 2.45) is 11.8 Å². The molecule has 0 aliphatic carbocycles. The molecule has 2 bridgehead atoms. The lowest BCUT2D eigenvalue weighted by atomic mass is 9.80. The summed E-state index contributed by atoms with van der Waals surface area (Å²) in [5.41, 5.74) is 6.77. The van der Waals surface area contributed by atoms with Crippen molar-refractivity contribution in [3.05, 3.63) is 57.1 Å². The highest BCUT2D eigenvalue weighted by Gasteiger charge is 2.40. The van der Waals surface area contributed by atoms with Crippen LogP contribution in [0, 0.1) is 17.7 Å². The van der Waals surface area contributed by atoms with Gasteiger partial charge in [0.15, 0.2) is 11.0 Å². The number of rotatable bonds is 3. The van der Waals surface area contributed by atoms with Gasteiger partial charge in [0.25, 0.3) is 5.56 Å². The van der Waals surface area contributed by atoms with Gasteiger partial charge in [0.1, 0.15) is 0 Å². The van der Waals surface area contributed by atoms with Crippen LogP contribution in [0.2, 0.25) is 10.2 Å². The minimum absolute atomic E-state index is 0.0110. The van der Waals surface area contributed by atoms with Crippen LogP contribution in [0.25, 0.3) is 16.9 Å². The molecule has 4 N–H and O–H groups in total. The van der Waals surface area contributed by atoms with Crippen LogP contribution in [0.1, 0.15) is 45.1 Å². The molecule has 0 saturated carbocycles. The lowest BCUT2D eigenvalue weighted by molar-refractivity contribution is -0.125. The van der Waals surface area contributed by atoms with Crippen LogP contribution in [-0.2, 0) is 4.79 Å². The molecular formula is C27H32Cl2FN9O2. The number of halogens is 3. The predicted octanol–water partition coefficient (Wildman–Crippen LogP) is 2.63. The Morgan fingerprint density at radius 1 is 1.12 bits per heavy atom. The number of nitrogens with one attached hydrogen (secondary N) is 4. The van der Waals surface area contributed by atoms with Crippen molar-refractivity contribution in [1.82, 2.24) is 46.0 Å². The van der Waals surface area contributed by atoms with Crippen molar-refractivity contribution in [3.8, 4) is 16.9 Å². The first-order valence-electron chi connectivity index (χ1n) is 14.0. The maximum Gasteiger partial charge on any atom is 0.254 e. The van der Waals surface area contributed by atoms with E-state index in [2.05, 4.69) is 36.8 Å². The minimum Gasteiger partial charge on any atom is -0.350 e. The van der Waals surface area contributed by atoms with Gasteiger partial charge in [0.2, 0.25) is 5.91 Å². The maximum absolute atomic E-state index is 15.4. The number of benzene rings is 1. The van der Waals surface area contributed by atoms with Crippen LogP contribution in [0.5, 0.6) is 0 Å². The van der Waals surface area contributed by atoms with E-state index in [4.69, 9.17) is 23.2 Å². The average molecular weight is 605 g/mol. The normalized spacial score (nSPS) is 28.8. The van der Waals surface area contributed by atoms with Crippen LogP contribution in [0.15, 0.2) is 35.5 Å². The van der Waals surface area contributed by atoms with E-state index >= 15 is 4.39 Å². The molecule has 1 amide bonds. The molecule has 6 atom stereocenters. The van der Waals surface area contributed by atoms with Crippen molar-refractivity contribution >= 4 is 29.1 Å². The number of amides is 1. The Morgan fingerprint density at radius 3 is 2.76 bits per heavy atom. The van der Waals surface area contributed by atoms with Gasteiger partial charge in [-0.25, -0.2) is 14.1 Å². The Labute approximate surface area is 246 Å². The third-order valence-electron chi connectivity index (χ3n) is 8.62. The second-order valence-electron chi connectivity index (χ2n) is 11.2. The molecule has 3 fully saturated rings. The van der Waals surface area contributed by atoms with Crippen LogP contribution >= 0.6 is 23.2 Å². The molecule has 11 nitrogen and oxygen atoms in total. The Hall–Kier alpha value is -2.90. The van der Waals surface area contributed by atoms with Crippen LogP contribution in [-0.4, -0.2) is 61.7 Å². The Kier molecular flexibility index (Phi) is 8.10. The zero-order valence-electron chi connectivity index (χ0n) is 22.5. The fourth-order valence-electron chi connectivity index (χ4n) is 6.46. The fourth-order valence-corrected chi connectivity index (χ4v) is 6.74. The van der Waals surface area contributed by atoms with Crippen molar-refractivity contribution in [1.29, 1.82) is 0 Å². The molecule has 2 aromatic heterocycles. The quantitative estimate of drug-likeness (QED) is 0.359. The second-order valence-corrected chi connectivity index (χ2v) is 12.0. The van der Waals surface area contributed by atoms with Crippen LogP contribution in [0.3, 0.4) is 0 Å². The second kappa shape index (κ2) is 11.8.